The molecule has 0 bridgehead atoms. The summed E-state index contributed by atoms with van der Waals surface area (Å²) in [6.45, 7) is 0. The van der Waals surface area contributed by atoms with E-state index < -0.39 is 17.7 Å². The Morgan fingerprint density at radius 1 is 1.50 bits per heavy atom. The summed E-state index contributed by atoms with van der Waals surface area (Å²) in [5.74, 6) is -0.436. The number of rotatable bonds is 0. The van der Waals surface area contributed by atoms with Gasteiger partial charge in [-0.25, -0.2) is 4.98 Å². The molecule has 3 nitrogen and oxygen atoms in total. The number of hydrogen-bond acceptors (Lipinski definition) is 3. The summed E-state index contributed by atoms with van der Waals surface area (Å²) in [6.07, 6.45) is -4.56. The van der Waals surface area contributed by atoms with Crippen LogP contribution in [-0.4, -0.2) is 4.98 Å². The Morgan fingerprint density at radius 3 is 2.43 bits per heavy atom. The van der Waals surface area contributed by atoms with Gasteiger partial charge in [0.05, 0.1) is 0 Å². The van der Waals surface area contributed by atoms with Crippen molar-refractivity contribution in [1.82, 2.24) is 4.98 Å². The first-order valence-electron chi connectivity index (χ1n) is 3.29. The molecule has 0 aliphatic rings. The molecule has 0 aliphatic heterocycles. The van der Waals surface area contributed by atoms with Gasteiger partial charge in [0.1, 0.15) is 23.1 Å². The normalized spacial score (nSPS) is 11.1. The van der Waals surface area contributed by atoms with Gasteiger partial charge in [-0.3, -0.25) is 0 Å². The third-order valence-electron chi connectivity index (χ3n) is 1.40. The van der Waals surface area contributed by atoms with Gasteiger partial charge in [-0.2, -0.15) is 18.4 Å². The number of alkyl halides is 3. The van der Waals surface area contributed by atoms with E-state index in [4.69, 9.17) is 11.0 Å². The minimum absolute atomic E-state index is 0.0141. The summed E-state index contributed by atoms with van der Waals surface area (Å²) >= 11 is 2.81. The minimum atomic E-state index is -4.56. The molecule has 0 aliphatic carbocycles. The Kier molecular flexibility index (Phi) is 2.66. The summed E-state index contributed by atoms with van der Waals surface area (Å²) in [4.78, 5) is 3.08. The van der Waals surface area contributed by atoms with Crippen LogP contribution >= 0.6 is 15.9 Å². The van der Waals surface area contributed by atoms with Gasteiger partial charge in [-0.1, -0.05) is 0 Å². The highest BCUT2D eigenvalue weighted by atomic mass is 79.9. The highest BCUT2D eigenvalue weighted by Gasteiger charge is 2.33. The first-order valence-corrected chi connectivity index (χ1v) is 4.09. The van der Waals surface area contributed by atoms with E-state index in [1.165, 1.54) is 0 Å². The number of nitrogens with two attached hydrogens (primary N) is 1. The van der Waals surface area contributed by atoms with Gasteiger partial charge in [0.25, 0.3) is 0 Å². The number of anilines is 1. The fourth-order valence-corrected chi connectivity index (χ4v) is 1.30. The lowest BCUT2D eigenvalue weighted by molar-refractivity contribution is -0.141. The zero-order valence-corrected chi connectivity index (χ0v) is 8.15. The molecular weight excluding hydrogens is 263 g/mol. The molecule has 0 radical (unpaired) electrons. The molecule has 0 amide bonds. The number of nitrogen functional groups attached to an aromatic ring is 1. The van der Waals surface area contributed by atoms with E-state index in [1.54, 1.807) is 6.07 Å². The molecule has 1 rings (SSSR count). The number of pyridine rings is 1. The molecule has 0 unspecified atom stereocenters. The molecule has 7 heteroatoms. The Morgan fingerprint density at radius 2 is 2.07 bits per heavy atom. The maximum Gasteiger partial charge on any atom is 0.433 e. The molecule has 0 aromatic carbocycles. The summed E-state index contributed by atoms with van der Waals surface area (Å²) in [5.41, 5.74) is 3.94. The van der Waals surface area contributed by atoms with Gasteiger partial charge in [-0.15, -0.1) is 0 Å². The predicted molar refractivity (Wildman–Crippen MR) is 46.1 cm³/mol. The Labute approximate surface area is 85.5 Å². The van der Waals surface area contributed by atoms with E-state index in [0.29, 0.717) is 0 Å². The average molecular weight is 266 g/mol. The second-order valence-electron chi connectivity index (χ2n) is 2.36. The number of hydrogen-bond donors (Lipinski definition) is 1. The van der Waals surface area contributed by atoms with Crippen LogP contribution in [-0.2, 0) is 6.18 Å². The van der Waals surface area contributed by atoms with Crippen molar-refractivity contribution in [3.05, 3.63) is 21.8 Å². The summed E-state index contributed by atoms with van der Waals surface area (Å²) in [5, 5.41) is 8.51. The summed E-state index contributed by atoms with van der Waals surface area (Å²) < 4.78 is 36.5. The van der Waals surface area contributed by atoms with Gasteiger partial charge in [-0.05, 0) is 22.0 Å². The molecule has 2 N–H and O–H groups in total. The van der Waals surface area contributed by atoms with E-state index in [-0.39, 0.29) is 10.0 Å². The Balaban J connectivity index is 3.37. The number of nitrogens with zero attached hydrogens (tertiary/aromatic N) is 2. The standard InChI is InChI=1S/C7H3BrF3N3/c8-4-1-5(7(9,10)11)14-6(13)3(4)2-12/h1H,(H2,13,14). The van der Waals surface area contributed by atoms with Crippen LogP contribution in [0.3, 0.4) is 0 Å². The minimum Gasteiger partial charge on any atom is -0.383 e. The third kappa shape index (κ3) is 1.96. The van der Waals surface area contributed by atoms with Crippen molar-refractivity contribution >= 4 is 21.7 Å². The molecule has 1 heterocycles. The molecule has 74 valence electrons. The highest BCUT2D eigenvalue weighted by molar-refractivity contribution is 9.10. The topological polar surface area (TPSA) is 62.7 Å². The molecule has 0 fully saturated rings. The van der Waals surface area contributed by atoms with E-state index >= 15 is 0 Å². The lowest BCUT2D eigenvalue weighted by Crippen LogP contribution is -2.10. The monoisotopic (exact) mass is 265 g/mol. The van der Waals surface area contributed by atoms with Crippen LogP contribution in [0.25, 0.3) is 0 Å². The zero-order valence-electron chi connectivity index (χ0n) is 6.56. The van der Waals surface area contributed by atoms with Crippen molar-refractivity contribution in [2.45, 2.75) is 6.18 Å². The van der Waals surface area contributed by atoms with Crippen LogP contribution in [0.2, 0.25) is 0 Å². The van der Waals surface area contributed by atoms with Crippen LogP contribution in [0.1, 0.15) is 11.3 Å². The summed E-state index contributed by atoms with van der Waals surface area (Å²) in [6, 6.07) is 2.36. The smallest absolute Gasteiger partial charge is 0.383 e. The molecule has 0 saturated heterocycles. The maximum absolute atomic E-state index is 12.2. The van der Waals surface area contributed by atoms with Crippen molar-refractivity contribution in [1.29, 1.82) is 5.26 Å². The van der Waals surface area contributed by atoms with Crippen LogP contribution in [0, 0.1) is 11.3 Å². The second-order valence-corrected chi connectivity index (χ2v) is 3.21. The van der Waals surface area contributed by atoms with E-state index in [0.717, 1.165) is 6.07 Å². The fraction of sp³-hybridized carbons (Fsp3) is 0.143. The molecular formula is C7H3BrF3N3. The second kappa shape index (κ2) is 3.46. The SMILES string of the molecule is N#Cc1c(Br)cc(C(F)(F)F)nc1N. The number of nitriles is 1. The van der Waals surface area contributed by atoms with E-state index in [9.17, 15) is 13.2 Å². The Bertz CT molecular complexity index is 385. The van der Waals surface area contributed by atoms with Crippen LogP contribution < -0.4 is 5.73 Å². The van der Waals surface area contributed by atoms with Gasteiger partial charge in [0.15, 0.2) is 0 Å². The van der Waals surface area contributed by atoms with Crippen molar-refractivity contribution in [2.24, 2.45) is 0 Å². The fourth-order valence-electron chi connectivity index (χ4n) is 0.788. The van der Waals surface area contributed by atoms with E-state index in [2.05, 4.69) is 20.9 Å². The highest BCUT2D eigenvalue weighted by Crippen LogP contribution is 2.32. The van der Waals surface area contributed by atoms with E-state index in [1.807, 2.05) is 0 Å². The average Bonchev–Trinajstić information content (AvgIpc) is 2.01. The quantitative estimate of drug-likeness (QED) is 0.783. The van der Waals surface area contributed by atoms with Gasteiger partial charge < -0.3 is 5.73 Å². The number of aromatic nitrogens is 1. The van der Waals surface area contributed by atoms with Gasteiger partial charge in [0.2, 0.25) is 0 Å². The molecule has 14 heavy (non-hydrogen) atoms. The van der Waals surface area contributed by atoms with Crippen molar-refractivity contribution < 1.29 is 13.2 Å². The third-order valence-corrected chi connectivity index (χ3v) is 2.03. The van der Waals surface area contributed by atoms with Crippen molar-refractivity contribution in [2.75, 3.05) is 5.73 Å². The maximum atomic E-state index is 12.2. The number of halogens is 4. The first-order chi connectivity index (χ1) is 6.36. The zero-order chi connectivity index (χ0) is 10.9. The first kappa shape index (κ1) is 10.8. The van der Waals surface area contributed by atoms with Crippen molar-refractivity contribution in [3.8, 4) is 6.07 Å². The molecule has 1 aromatic heterocycles. The van der Waals surface area contributed by atoms with Crippen LogP contribution in [0.5, 0.6) is 0 Å². The van der Waals surface area contributed by atoms with Gasteiger partial charge >= 0.3 is 6.18 Å². The summed E-state index contributed by atoms with van der Waals surface area (Å²) in [7, 11) is 0. The Hall–Kier alpha value is -1.29. The lowest BCUT2D eigenvalue weighted by Gasteiger charge is -2.07. The van der Waals surface area contributed by atoms with Crippen molar-refractivity contribution in [3.63, 3.8) is 0 Å². The predicted octanol–water partition coefficient (Wildman–Crippen LogP) is 2.32. The van der Waals surface area contributed by atoms with Crippen LogP contribution in [0.4, 0.5) is 19.0 Å². The molecule has 0 spiro atoms. The lowest BCUT2D eigenvalue weighted by atomic mass is 10.2. The molecule has 0 saturated carbocycles. The molecule has 0 atom stereocenters. The molecule has 1 aromatic rings. The largest absolute Gasteiger partial charge is 0.433 e. The van der Waals surface area contributed by atoms with Crippen LogP contribution in [0.15, 0.2) is 10.5 Å². The van der Waals surface area contributed by atoms with Gasteiger partial charge in [0, 0.05) is 4.47 Å².